The molecule has 0 bridgehead atoms. The van der Waals surface area contributed by atoms with E-state index in [9.17, 15) is 0 Å². The van der Waals surface area contributed by atoms with Gasteiger partial charge in [-0.05, 0) is 12.2 Å². The van der Waals surface area contributed by atoms with E-state index in [1.54, 1.807) is 6.08 Å². The van der Waals surface area contributed by atoms with E-state index in [-0.39, 0.29) is 29.6 Å². The number of carbonyl (C=O) groups is 1. The molecule has 1 amide bonds. The number of hydrogen-bond acceptors (Lipinski definition) is 3. The van der Waals surface area contributed by atoms with E-state index in [2.05, 4.69) is 41.9 Å². The van der Waals surface area contributed by atoms with Crippen molar-refractivity contribution < 1.29 is 9.53 Å². The molecule has 0 atom stereocenters. The average Bonchev–Trinajstić information content (AvgIpc) is 1.82. The van der Waals surface area contributed by atoms with Crippen LogP contribution in [-0.4, -0.2) is 41.4 Å². The number of primary amides is 1. The summed E-state index contributed by atoms with van der Waals surface area (Å²) < 4.78 is 4.58. The number of ether oxygens (including phenoxy) is 1. The molecule has 4 N–H and O–H groups in total. The van der Waals surface area contributed by atoms with Gasteiger partial charge in [0.05, 0.1) is 0 Å². The first-order valence-electron chi connectivity index (χ1n) is 2.52. The largest absolute Gasteiger partial charge is 0.467 e. The Balaban J connectivity index is -0.000000142. The number of thiocarbonyl (C=S) groups is 1. The van der Waals surface area contributed by atoms with Gasteiger partial charge in [0, 0.05) is 24.4 Å². The van der Waals surface area contributed by atoms with E-state index in [4.69, 9.17) is 10.5 Å². The van der Waals surface area contributed by atoms with Crippen molar-refractivity contribution in [2.24, 2.45) is 11.5 Å². The number of nitrogens with two attached hydrogens (primary N) is 2. The molecule has 69 valence electrons. The summed E-state index contributed by atoms with van der Waals surface area (Å²) in [4.78, 5) is 9.09. The van der Waals surface area contributed by atoms with Gasteiger partial charge in [-0.3, -0.25) is 4.79 Å². The van der Waals surface area contributed by atoms with Crippen LogP contribution in [0, 0.1) is 0 Å². The molecule has 0 saturated carbocycles. The molecule has 7 heteroatoms. The number of rotatable bonds is 2. The molecule has 0 aromatic heterocycles. The van der Waals surface area contributed by atoms with Gasteiger partial charge in [0.1, 0.15) is 6.61 Å². The topological polar surface area (TPSA) is 78.3 Å². The Morgan fingerprint density at radius 3 is 2.08 bits per heavy atom. The van der Waals surface area contributed by atoms with Crippen molar-refractivity contribution in [3.8, 4) is 0 Å². The predicted octanol–water partition coefficient (Wildman–Crippen LogP) is 0.0467. The Morgan fingerprint density at radius 1 is 1.67 bits per heavy atom. The molecular formula is C5H10N2O2S2Sb. The number of amides is 1. The van der Waals surface area contributed by atoms with Crippen molar-refractivity contribution >= 4 is 59.7 Å². The maximum Gasteiger partial charge on any atom is 0.273 e. The number of thiol groups is 1. The summed E-state index contributed by atoms with van der Waals surface area (Å²) >= 11 is 7.47. The van der Waals surface area contributed by atoms with Gasteiger partial charge >= 0.3 is 0 Å². The van der Waals surface area contributed by atoms with Crippen molar-refractivity contribution in [2.75, 3.05) is 6.61 Å². The molecule has 0 unspecified atom stereocenters. The fourth-order valence-corrected chi connectivity index (χ4v) is 0.209. The number of carbonyl (C=O) groups excluding carboxylic acids is 1. The van der Waals surface area contributed by atoms with Gasteiger partial charge in [-0.1, -0.05) is 25.3 Å². The van der Waals surface area contributed by atoms with E-state index in [1.807, 2.05) is 0 Å². The van der Waals surface area contributed by atoms with Gasteiger partial charge in [0.15, 0.2) is 0 Å². The standard InChI is InChI=1S/C4H7NOS.CH3NOS.Sb/c1-2-3-6-4(5)7;2-1(3)4;/h2H,1,3H2,(H2,5,7);(H3,2,3,4);. The smallest absolute Gasteiger partial charge is 0.273 e. The fraction of sp³-hybridized carbons (Fsp3) is 0.200. The Kier molecular flexibility index (Phi) is 20.4. The molecular weight excluding hydrogens is 306 g/mol. The van der Waals surface area contributed by atoms with Crippen LogP contribution in [0.2, 0.25) is 0 Å². The zero-order valence-corrected chi connectivity index (χ0v) is 10.5. The van der Waals surface area contributed by atoms with Crippen LogP contribution in [0.3, 0.4) is 0 Å². The quantitative estimate of drug-likeness (QED) is 0.291. The van der Waals surface area contributed by atoms with Gasteiger partial charge in [-0.2, -0.15) is 0 Å². The second-order valence-electron chi connectivity index (χ2n) is 1.26. The zero-order valence-electron chi connectivity index (χ0n) is 6.27. The van der Waals surface area contributed by atoms with Gasteiger partial charge in [0.25, 0.3) is 10.4 Å². The Bertz CT molecular complexity index is 150. The number of hydrogen-bond donors (Lipinski definition) is 3. The Labute approximate surface area is 99.6 Å². The normalized spacial score (nSPS) is 6.42. The second kappa shape index (κ2) is 13.6. The fourth-order valence-electron chi connectivity index (χ4n) is 0.141. The predicted molar refractivity (Wildman–Crippen MR) is 57.3 cm³/mol. The SMILES string of the molecule is C=CCOC(N)=S.NC(=O)S.[Sb]. The molecule has 3 radical (unpaired) electrons. The van der Waals surface area contributed by atoms with Gasteiger partial charge in [-0.25, -0.2) is 0 Å². The Morgan fingerprint density at radius 2 is 2.00 bits per heavy atom. The van der Waals surface area contributed by atoms with Gasteiger partial charge in [0.2, 0.25) is 0 Å². The van der Waals surface area contributed by atoms with Crippen LogP contribution >= 0.6 is 24.8 Å². The minimum Gasteiger partial charge on any atom is -0.467 e. The maximum atomic E-state index is 9.09. The van der Waals surface area contributed by atoms with Crippen molar-refractivity contribution in [1.82, 2.24) is 0 Å². The molecule has 0 aromatic carbocycles. The molecule has 4 nitrogen and oxygen atoms in total. The third-order valence-corrected chi connectivity index (χ3v) is 0.461. The van der Waals surface area contributed by atoms with Crippen LogP contribution in [0.25, 0.3) is 0 Å². The summed E-state index contributed by atoms with van der Waals surface area (Å²) in [6.45, 7) is 3.79. The average molecular weight is 316 g/mol. The zero-order chi connectivity index (χ0) is 9.28. The molecule has 0 aromatic rings. The molecule has 0 aliphatic rings. The first kappa shape index (κ1) is 18.0. The van der Waals surface area contributed by atoms with Gasteiger partial charge in [-0.15, -0.1) is 0 Å². The molecule has 0 fully saturated rings. The van der Waals surface area contributed by atoms with Crippen LogP contribution in [0.1, 0.15) is 0 Å². The van der Waals surface area contributed by atoms with E-state index in [0.717, 1.165) is 0 Å². The van der Waals surface area contributed by atoms with Crippen molar-refractivity contribution in [3.05, 3.63) is 12.7 Å². The first-order chi connectivity index (χ1) is 5.00. The minimum absolute atomic E-state index is 0. The molecule has 0 rings (SSSR count). The van der Waals surface area contributed by atoms with Crippen molar-refractivity contribution in [1.29, 1.82) is 0 Å². The molecule has 0 saturated heterocycles. The van der Waals surface area contributed by atoms with Crippen LogP contribution in [0.4, 0.5) is 4.79 Å². The van der Waals surface area contributed by atoms with E-state index < -0.39 is 5.24 Å². The summed E-state index contributed by atoms with van der Waals surface area (Å²) in [6.07, 6.45) is 1.58. The molecule has 0 aliphatic carbocycles. The molecule has 0 heterocycles. The summed E-state index contributed by atoms with van der Waals surface area (Å²) in [5.41, 5.74) is 9.28. The molecule has 0 aliphatic heterocycles. The summed E-state index contributed by atoms with van der Waals surface area (Å²) in [7, 11) is 0. The summed E-state index contributed by atoms with van der Waals surface area (Å²) in [6, 6.07) is 0. The maximum absolute atomic E-state index is 9.09. The third kappa shape index (κ3) is 50.0. The van der Waals surface area contributed by atoms with Crippen LogP contribution in [0.15, 0.2) is 12.7 Å². The van der Waals surface area contributed by atoms with E-state index in [1.165, 1.54) is 0 Å². The monoisotopic (exact) mass is 315 g/mol. The molecule has 0 spiro atoms. The summed E-state index contributed by atoms with van der Waals surface area (Å²) in [5.74, 6) is 0. The van der Waals surface area contributed by atoms with E-state index >= 15 is 0 Å². The van der Waals surface area contributed by atoms with Gasteiger partial charge < -0.3 is 16.2 Å². The second-order valence-corrected chi connectivity index (χ2v) is 2.10. The Hall–Kier alpha value is 0.0682. The van der Waals surface area contributed by atoms with Crippen molar-refractivity contribution in [3.63, 3.8) is 0 Å². The first-order valence-corrected chi connectivity index (χ1v) is 3.37. The molecule has 12 heavy (non-hydrogen) atoms. The van der Waals surface area contributed by atoms with Crippen LogP contribution in [0.5, 0.6) is 0 Å². The van der Waals surface area contributed by atoms with Crippen LogP contribution in [-0.2, 0) is 4.74 Å². The van der Waals surface area contributed by atoms with E-state index in [0.29, 0.717) is 6.61 Å². The van der Waals surface area contributed by atoms with Crippen molar-refractivity contribution in [2.45, 2.75) is 0 Å². The van der Waals surface area contributed by atoms with Crippen LogP contribution < -0.4 is 11.5 Å². The third-order valence-electron chi connectivity index (χ3n) is 0.343. The minimum atomic E-state index is -0.639. The summed E-state index contributed by atoms with van der Waals surface area (Å²) in [5, 5.41) is -0.570.